The molecule has 0 aromatic rings. The Bertz CT molecular complexity index is 422. The molecule has 0 saturated carbocycles. The summed E-state index contributed by atoms with van der Waals surface area (Å²) in [4.78, 5) is 56.6. The first-order valence-electron chi connectivity index (χ1n) is 5.94. The van der Waals surface area contributed by atoms with E-state index in [1.165, 1.54) is 0 Å². The molecule has 15 heteroatoms. The fourth-order valence-corrected chi connectivity index (χ4v) is 2.61. The highest BCUT2D eigenvalue weighted by atomic mass is 31.2. The van der Waals surface area contributed by atoms with Crippen LogP contribution in [0.15, 0.2) is 0 Å². The molecule has 0 saturated heterocycles. The number of carbonyl (C=O) groups is 1. The maximum Gasteiger partial charge on any atom is 0.469 e. The quantitative estimate of drug-likeness (QED) is 0.158. The summed E-state index contributed by atoms with van der Waals surface area (Å²) in [7, 11) is -9.55. The van der Waals surface area contributed by atoms with Gasteiger partial charge in [0.2, 0.25) is 7.94 Å². The van der Waals surface area contributed by atoms with Gasteiger partial charge in [-0.05, 0) is 0 Å². The van der Waals surface area contributed by atoms with E-state index in [2.05, 4.69) is 4.52 Å². The molecule has 0 spiro atoms. The lowest BCUT2D eigenvalue weighted by atomic mass is 10.1. The van der Waals surface area contributed by atoms with Crippen LogP contribution in [-0.4, -0.2) is 95.2 Å². The molecule has 13 nitrogen and oxygen atoms in total. The Hall–Kier alpha value is -0.270. The predicted octanol–water partition coefficient (Wildman–Crippen LogP) is -4.37. The van der Waals surface area contributed by atoms with Crippen molar-refractivity contribution in [2.45, 2.75) is 18.3 Å². The average Bonchev–Trinajstić information content (AvgIpc) is 2.30. The number of carboxylic acids is 1. The van der Waals surface area contributed by atoms with E-state index >= 15 is 0 Å². The van der Waals surface area contributed by atoms with E-state index in [1.54, 1.807) is 0 Å². The Balaban J connectivity index is 4.66. The molecule has 0 aliphatic heterocycles. The zero-order valence-corrected chi connectivity index (χ0v) is 13.4. The molecule has 3 atom stereocenters. The Morgan fingerprint density at radius 3 is 2.13 bits per heavy atom. The third kappa shape index (κ3) is 11.8. The molecule has 0 aliphatic carbocycles. The molecule has 8 N–H and O–H groups in total. The highest BCUT2D eigenvalue weighted by Gasteiger charge is 2.32. The van der Waals surface area contributed by atoms with E-state index in [0.29, 0.717) is 4.90 Å². The number of aliphatic carboxylic acids is 1. The summed E-state index contributed by atoms with van der Waals surface area (Å²) in [5.74, 6) is -1.45. The molecule has 0 rings (SSSR count). The Kier molecular flexibility index (Phi) is 9.17. The van der Waals surface area contributed by atoms with Gasteiger partial charge in [0.25, 0.3) is 0 Å². The monoisotopic (exact) mass is 383 g/mol. The van der Waals surface area contributed by atoms with Crippen molar-refractivity contribution in [1.29, 1.82) is 0 Å². The van der Waals surface area contributed by atoms with Gasteiger partial charge >= 0.3 is 13.8 Å². The molecule has 0 aliphatic rings. The standard InChI is InChI=1S/C8H19NO12P2/c10-5(8(14)6(11)3-21-23(18,19)20)1-9(2-7(12)13)4-22(15,16)17/h5-6,8,10-11,14H,1-4H2,(H,12,13)(H2,15,16,17)(H2,18,19,20)/t5-,6-,8+/m1/s1. The molecule has 0 fully saturated rings. The van der Waals surface area contributed by atoms with Gasteiger partial charge in [0.15, 0.2) is 6.29 Å². The Labute approximate surface area is 130 Å². The van der Waals surface area contributed by atoms with Crippen LogP contribution < -0.4 is 4.89 Å². The third-order valence-corrected chi connectivity index (χ3v) is 3.64. The molecule has 0 amide bonds. The van der Waals surface area contributed by atoms with Gasteiger partial charge in [-0.1, -0.05) is 0 Å². The van der Waals surface area contributed by atoms with Gasteiger partial charge in [0.1, 0.15) is 12.2 Å². The highest BCUT2D eigenvalue weighted by Crippen LogP contribution is 2.39. The van der Waals surface area contributed by atoms with Crippen molar-refractivity contribution in [1.82, 2.24) is 4.90 Å². The van der Waals surface area contributed by atoms with Crippen LogP contribution in [0.4, 0.5) is 0 Å². The van der Waals surface area contributed by atoms with Gasteiger partial charge in [-0.3, -0.25) is 14.2 Å². The van der Waals surface area contributed by atoms with Gasteiger partial charge in [0.05, 0.1) is 19.3 Å². The number of hydrogen-bond donors (Lipinski definition) is 8. The number of phosphoric ester groups is 1. The normalized spacial score (nSPS) is 17.1. The first-order chi connectivity index (χ1) is 10.2. The van der Waals surface area contributed by atoms with Gasteiger partial charge < -0.3 is 35.1 Å². The number of aliphatic hydroxyl groups excluding tert-OH is 3. The van der Waals surface area contributed by atoms with Crippen LogP contribution in [0.25, 0.3) is 0 Å². The number of nitrogens with zero attached hydrogens (tertiary/aromatic N) is 1. The topological polar surface area (TPSA) is 232 Å². The summed E-state index contributed by atoms with van der Waals surface area (Å²) in [5, 5.41) is 37.2. The lowest BCUT2D eigenvalue weighted by Crippen LogP contribution is -2.48. The maximum atomic E-state index is 10.9. The average molecular weight is 383 g/mol. The van der Waals surface area contributed by atoms with Crippen LogP contribution in [0.2, 0.25) is 0 Å². The van der Waals surface area contributed by atoms with Crippen molar-refractivity contribution in [3.05, 3.63) is 0 Å². The van der Waals surface area contributed by atoms with Crippen molar-refractivity contribution < 1.29 is 58.8 Å². The fourth-order valence-electron chi connectivity index (χ4n) is 1.53. The van der Waals surface area contributed by atoms with E-state index in [-0.39, 0.29) is 0 Å². The number of rotatable bonds is 11. The molecule has 0 radical (unpaired) electrons. The second-order valence-corrected chi connectivity index (χ2v) is 7.47. The fraction of sp³-hybridized carbons (Fsp3) is 0.875. The van der Waals surface area contributed by atoms with Crippen molar-refractivity contribution in [3.8, 4) is 0 Å². The maximum absolute atomic E-state index is 10.9. The van der Waals surface area contributed by atoms with Gasteiger partial charge in [-0.2, -0.15) is 0 Å². The first-order valence-corrected chi connectivity index (χ1v) is 9.27. The van der Waals surface area contributed by atoms with Crippen molar-refractivity contribution in [2.24, 2.45) is 0 Å². The van der Waals surface area contributed by atoms with E-state index < -0.39 is 66.0 Å². The van der Waals surface area contributed by atoms with E-state index in [4.69, 9.17) is 24.7 Å². The van der Waals surface area contributed by atoms with Crippen LogP contribution in [0, 0.1) is 0 Å². The molecule has 0 heterocycles. The summed E-state index contributed by atoms with van der Waals surface area (Å²) in [5.41, 5.74) is 0. The largest absolute Gasteiger partial charge is 0.631 e. The van der Waals surface area contributed by atoms with Crippen LogP contribution >= 0.6 is 15.8 Å². The van der Waals surface area contributed by atoms with E-state index in [9.17, 15) is 29.6 Å². The van der Waals surface area contributed by atoms with Crippen molar-refractivity contribution in [2.75, 3.05) is 26.0 Å². The third-order valence-electron chi connectivity index (χ3n) is 2.39. The molecular formula is C8H19NO12P2. The minimum absolute atomic E-state index is 0.632. The smallest absolute Gasteiger partial charge is 0.469 e. The van der Waals surface area contributed by atoms with E-state index in [1.807, 2.05) is 0 Å². The van der Waals surface area contributed by atoms with Crippen LogP contribution in [0.1, 0.15) is 0 Å². The van der Waals surface area contributed by atoms with Crippen LogP contribution in [0.3, 0.4) is 0 Å². The number of carboxylic acid groups (broad SMARTS) is 1. The van der Waals surface area contributed by atoms with Crippen LogP contribution in [0.5, 0.6) is 0 Å². The predicted molar refractivity (Wildman–Crippen MR) is 71.4 cm³/mol. The number of hydrogen-bond acceptors (Lipinski definition) is 10. The van der Waals surface area contributed by atoms with Gasteiger partial charge in [-0.15, -0.1) is 0 Å². The first kappa shape index (κ1) is 22.7. The molecule has 0 aromatic carbocycles. The van der Waals surface area contributed by atoms with Crippen LogP contribution in [-0.2, 0) is 13.9 Å². The molecule has 138 valence electrons. The summed E-state index contributed by atoms with van der Waals surface area (Å²) in [6, 6.07) is 0. The number of phosphoric acid groups is 1. The van der Waals surface area contributed by atoms with E-state index in [0.717, 1.165) is 0 Å². The zero-order chi connectivity index (χ0) is 18.4. The summed E-state index contributed by atoms with van der Waals surface area (Å²) < 4.78 is 14.4. The lowest BCUT2D eigenvalue weighted by Gasteiger charge is -2.29. The summed E-state index contributed by atoms with van der Waals surface area (Å²) in [6.45, 7) is -2.62. The Morgan fingerprint density at radius 1 is 1.22 bits per heavy atom. The second kappa shape index (κ2) is 9.28. The minimum atomic E-state index is -4.91. The molecule has 0 bridgehead atoms. The molecule has 23 heavy (non-hydrogen) atoms. The van der Waals surface area contributed by atoms with Gasteiger partial charge in [0, 0.05) is 6.54 Å². The minimum Gasteiger partial charge on any atom is -0.631 e. The molecule has 0 aromatic heterocycles. The highest BCUT2D eigenvalue weighted by molar-refractivity contribution is 7.57. The summed E-state index contributed by atoms with van der Waals surface area (Å²) >= 11 is 0. The SMILES string of the molecule is O=C(O)CN(C[C@@H](O)[C@H](O)[C@H](O)COP(=O)(O)O)C[P+]([O-])(O)O. The second-order valence-electron chi connectivity index (χ2n) is 4.62. The van der Waals surface area contributed by atoms with Gasteiger partial charge in [-0.25, -0.2) is 14.4 Å². The zero-order valence-electron chi connectivity index (χ0n) is 11.6. The lowest BCUT2D eigenvalue weighted by molar-refractivity contribution is -0.210. The summed E-state index contributed by atoms with van der Waals surface area (Å²) in [6.07, 6.45) is -6.82. The van der Waals surface area contributed by atoms with Crippen molar-refractivity contribution >= 4 is 21.7 Å². The Morgan fingerprint density at radius 2 is 1.74 bits per heavy atom. The molecular weight excluding hydrogens is 364 g/mol. The number of aliphatic hydroxyl groups is 3. The van der Waals surface area contributed by atoms with Crippen molar-refractivity contribution in [3.63, 3.8) is 0 Å². The molecule has 0 unspecified atom stereocenters.